The predicted octanol–water partition coefficient (Wildman–Crippen LogP) is -0.767. The van der Waals surface area contributed by atoms with Gasteiger partial charge in [0.1, 0.15) is 0 Å². The van der Waals surface area contributed by atoms with Crippen LogP contribution in [0.4, 0.5) is 5.69 Å². The second-order valence-electron chi connectivity index (χ2n) is 4.15. The van der Waals surface area contributed by atoms with Gasteiger partial charge >= 0.3 is 0 Å². The van der Waals surface area contributed by atoms with Crippen molar-refractivity contribution in [3.8, 4) is 0 Å². The molecule has 0 unspecified atom stereocenters. The number of carbonyl (C=O) groups is 2. The number of anilines is 1. The number of nitrogens with two attached hydrogens (primary N) is 2. The van der Waals surface area contributed by atoms with Crippen molar-refractivity contribution >= 4 is 17.5 Å². The summed E-state index contributed by atoms with van der Waals surface area (Å²) in [5.41, 5.74) is 10.9. The van der Waals surface area contributed by atoms with Gasteiger partial charge in [-0.15, -0.1) is 0 Å². The molecular weight excluding hydrogens is 222 g/mol. The lowest BCUT2D eigenvalue weighted by atomic mass is 10.3. The lowest BCUT2D eigenvalue weighted by molar-refractivity contribution is -0.121. The Morgan fingerprint density at radius 2 is 2.24 bits per heavy atom. The molecule has 1 fully saturated rings. The Labute approximate surface area is 98.1 Å². The smallest absolute Gasteiger partial charge is 0.271 e. The molecule has 1 aliphatic rings. The Kier molecular flexibility index (Phi) is 2.99. The van der Waals surface area contributed by atoms with E-state index in [1.165, 1.54) is 10.9 Å². The SMILES string of the molecule is NC(=O)c1nn(CCC(=O)NC2CC2)cc1N. The van der Waals surface area contributed by atoms with Crippen molar-refractivity contribution < 1.29 is 9.59 Å². The van der Waals surface area contributed by atoms with E-state index in [2.05, 4.69) is 10.4 Å². The van der Waals surface area contributed by atoms with Crippen LogP contribution in [0.25, 0.3) is 0 Å². The molecule has 0 radical (unpaired) electrons. The highest BCUT2D eigenvalue weighted by atomic mass is 16.2. The molecule has 0 aliphatic heterocycles. The maximum Gasteiger partial charge on any atom is 0.271 e. The normalized spacial score (nSPS) is 14.6. The number of rotatable bonds is 5. The fourth-order valence-corrected chi connectivity index (χ4v) is 1.49. The zero-order chi connectivity index (χ0) is 12.4. The van der Waals surface area contributed by atoms with Gasteiger partial charge in [-0.05, 0) is 12.8 Å². The van der Waals surface area contributed by atoms with Crippen LogP contribution in [0.15, 0.2) is 6.20 Å². The first-order valence-corrected chi connectivity index (χ1v) is 5.48. The molecule has 1 aromatic heterocycles. The van der Waals surface area contributed by atoms with Gasteiger partial charge in [0.15, 0.2) is 5.69 Å². The van der Waals surface area contributed by atoms with Crippen molar-refractivity contribution in [3.63, 3.8) is 0 Å². The van der Waals surface area contributed by atoms with E-state index in [1.807, 2.05) is 0 Å². The molecule has 0 saturated heterocycles. The number of carbonyl (C=O) groups excluding carboxylic acids is 2. The molecular formula is C10H15N5O2. The van der Waals surface area contributed by atoms with Crippen molar-refractivity contribution in [1.29, 1.82) is 0 Å². The summed E-state index contributed by atoms with van der Waals surface area (Å²) in [4.78, 5) is 22.3. The Hall–Kier alpha value is -2.05. The zero-order valence-electron chi connectivity index (χ0n) is 9.35. The summed E-state index contributed by atoms with van der Waals surface area (Å²) in [6.45, 7) is 0.385. The minimum absolute atomic E-state index is 0.0119. The molecule has 1 aromatic rings. The van der Waals surface area contributed by atoms with Crippen molar-refractivity contribution in [2.45, 2.75) is 31.8 Å². The molecule has 1 saturated carbocycles. The summed E-state index contributed by atoms with van der Waals surface area (Å²) < 4.78 is 1.46. The number of nitrogens with zero attached hydrogens (tertiary/aromatic N) is 2. The van der Waals surface area contributed by atoms with E-state index >= 15 is 0 Å². The van der Waals surface area contributed by atoms with Gasteiger partial charge in [0, 0.05) is 25.2 Å². The quantitative estimate of drug-likeness (QED) is 0.623. The Morgan fingerprint density at radius 3 is 2.76 bits per heavy atom. The van der Waals surface area contributed by atoms with Crippen LogP contribution in [0.2, 0.25) is 0 Å². The summed E-state index contributed by atoms with van der Waals surface area (Å²) in [6, 6.07) is 0.353. The van der Waals surface area contributed by atoms with Crippen LogP contribution < -0.4 is 16.8 Å². The van der Waals surface area contributed by atoms with E-state index in [0.717, 1.165) is 12.8 Å². The standard InChI is InChI=1S/C10H15N5O2/c11-7-5-15(14-9(7)10(12)17)4-3-8(16)13-6-1-2-6/h5-6H,1-4,11H2,(H2,12,17)(H,13,16). The first-order chi connectivity index (χ1) is 8.06. The molecule has 92 valence electrons. The van der Waals surface area contributed by atoms with Crippen molar-refractivity contribution in [3.05, 3.63) is 11.9 Å². The Morgan fingerprint density at radius 1 is 1.53 bits per heavy atom. The van der Waals surface area contributed by atoms with E-state index in [-0.39, 0.29) is 17.3 Å². The van der Waals surface area contributed by atoms with E-state index in [0.29, 0.717) is 19.0 Å². The highest BCUT2D eigenvalue weighted by Crippen LogP contribution is 2.18. The maximum absolute atomic E-state index is 11.4. The lowest BCUT2D eigenvalue weighted by Gasteiger charge is -2.02. The molecule has 2 amide bonds. The average molecular weight is 237 g/mol. The van der Waals surface area contributed by atoms with Gasteiger partial charge in [-0.25, -0.2) is 0 Å². The molecule has 0 bridgehead atoms. The van der Waals surface area contributed by atoms with Gasteiger partial charge in [-0.2, -0.15) is 5.10 Å². The monoisotopic (exact) mass is 237 g/mol. The van der Waals surface area contributed by atoms with Crippen LogP contribution >= 0.6 is 0 Å². The average Bonchev–Trinajstić information content (AvgIpc) is 2.97. The molecule has 7 heteroatoms. The topological polar surface area (TPSA) is 116 Å². The molecule has 17 heavy (non-hydrogen) atoms. The second-order valence-corrected chi connectivity index (χ2v) is 4.15. The summed E-state index contributed by atoms with van der Waals surface area (Å²) in [5, 5.41) is 6.78. The number of primary amides is 1. The predicted molar refractivity (Wildman–Crippen MR) is 60.9 cm³/mol. The third-order valence-corrected chi connectivity index (χ3v) is 2.53. The molecule has 0 aromatic carbocycles. The number of hydrogen-bond acceptors (Lipinski definition) is 4. The van der Waals surface area contributed by atoms with Gasteiger partial charge in [0.05, 0.1) is 5.69 Å². The molecule has 5 N–H and O–H groups in total. The molecule has 0 spiro atoms. The maximum atomic E-state index is 11.4. The zero-order valence-corrected chi connectivity index (χ0v) is 9.35. The van der Waals surface area contributed by atoms with Crippen LogP contribution in [-0.2, 0) is 11.3 Å². The number of amides is 2. The van der Waals surface area contributed by atoms with Crippen LogP contribution in [-0.4, -0.2) is 27.6 Å². The first-order valence-electron chi connectivity index (χ1n) is 5.48. The number of aryl methyl sites for hydroxylation is 1. The molecule has 1 heterocycles. The molecule has 0 atom stereocenters. The highest BCUT2D eigenvalue weighted by Gasteiger charge is 2.23. The fraction of sp³-hybridized carbons (Fsp3) is 0.500. The summed E-state index contributed by atoms with van der Waals surface area (Å²) >= 11 is 0. The summed E-state index contributed by atoms with van der Waals surface area (Å²) in [7, 11) is 0. The Bertz CT molecular complexity index is 450. The van der Waals surface area contributed by atoms with E-state index in [1.54, 1.807) is 0 Å². The largest absolute Gasteiger partial charge is 0.396 e. The molecule has 1 aliphatic carbocycles. The third-order valence-electron chi connectivity index (χ3n) is 2.53. The fourth-order valence-electron chi connectivity index (χ4n) is 1.49. The number of aromatic nitrogens is 2. The number of nitrogen functional groups attached to an aromatic ring is 1. The number of nitrogens with one attached hydrogen (secondary N) is 1. The molecule has 2 rings (SSSR count). The minimum Gasteiger partial charge on any atom is -0.396 e. The van der Waals surface area contributed by atoms with Crippen molar-refractivity contribution in [1.82, 2.24) is 15.1 Å². The second kappa shape index (κ2) is 4.44. The van der Waals surface area contributed by atoms with Crippen LogP contribution in [0, 0.1) is 0 Å². The van der Waals surface area contributed by atoms with Crippen LogP contribution in [0.3, 0.4) is 0 Å². The van der Waals surface area contributed by atoms with E-state index in [9.17, 15) is 9.59 Å². The minimum atomic E-state index is -0.663. The van der Waals surface area contributed by atoms with Gasteiger partial charge in [0.25, 0.3) is 5.91 Å². The van der Waals surface area contributed by atoms with Crippen molar-refractivity contribution in [2.75, 3.05) is 5.73 Å². The van der Waals surface area contributed by atoms with Crippen molar-refractivity contribution in [2.24, 2.45) is 5.73 Å². The van der Waals surface area contributed by atoms with Gasteiger partial charge in [-0.3, -0.25) is 14.3 Å². The van der Waals surface area contributed by atoms with Gasteiger partial charge in [-0.1, -0.05) is 0 Å². The van der Waals surface area contributed by atoms with Crippen LogP contribution in [0.5, 0.6) is 0 Å². The Balaban J connectivity index is 1.87. The lowest BCUT2D eigenvalue weighted by Crippen LogP contribution is -2.26. The first kappa shape index (κ1) is 11.4. The molecule has 7 nitrogen and oxygen atoms in total. The number of hydrogen-bond donors (Lipinski definition) is 3. The van der Waals surface area contributed by atoms with E-state index in [4.69, 9.17) is 11.5 Å². The third kappa shape index (κ3) is 2.96. The van der Waals surface area contributed by atoms with Gasteiger partial charge in [0.2, 0.25) is 5.91 Å². The summed E-state index contributed by atoms with van der Waals surface area (Å²) in [6.07, 6.45) is 3.94. The van der Waals surface area contributed by atoms with E-state index < -0.39 is 5.91 Å². The van der Waals surface area contributed by atoms with Gasteiger partial charge < -0.3 is 16.8 Å². The summed E-state index contributed by atoms with van der Waals surface area (Å²) in [5.74, 6) is -0.675. The van der Waals surface area contributed by atoms with Crippen LogP contribution in [0.1, 0.15) is 29.8 Å². The highest BCUT2D eigenvalue weighted by molar-refractivity contribution is 5.95.